The van der Waals surface area contributed by atoms with Crippen molar-refractivity contribution in [2.75, 3.05) is 4.90 Å². The minimum Gasteiger partial charge on any atom is -0.455 e. The van der Waals surface area contributed by atoms with Gasteiger partial charge < -0.3 is 9.32 Å². The molecule has 0 unspecified atom stereocenters. The van der Waals surface area contributed by atoms with Crippen molar-refractivity contribution in [2.24, 2.45) is 0 Å². The Labute approximate surface area is 340 Å². The van der Waals surface area contributed by atoms with Crippen molar-refractivity contribution in [3.8, 4) is 44.5 Å². The molecule has 0 atom stereocenters. The molecule has 0 radical (unpaired) electrons. The van der Waals surface area contributed by atoms with E-state index in [-0.39, 0.29) is 8.85 Å². The molecule has 1 aromatic heterocycles. The summed E-state index contributed by atoms with van der Waals surface area (Å²) >= 11 is 0. The number of furan rings is 1. The molecule has 0 amide bonds. The number of benzene rings is 9. The first-order chi connectivity index (χ1) is 28.3. The largest absolute Gasteiger partial charge is 0.455 e. The first kappa shape index (κ1) is 33.9. The normalized spacial score (nSPS) is 12.8. The predicted octanol–water partition coefficient (Wildman–Crippen LogP) is 15.6. The zero-order valence-electron chi connectivity index (χ0n) is 31.1. The summed E-state index contributed by atoms with van der Waals surface area (Å²) in [6.07, 6.45) is 0. The highest BCUT2D eigenvalue weighted by atomic mass is 16.3. The fraction of sp³-hybridized carbons (Fsp3) is 0.0357. The van der Waals surface area contributed by atoms with Crippen LogP contribution in [0.4, 0.5) is 17.1 Å². The fourth-order valence-electron chi connectivity index (χ4n) is 9.84. The summed E-state index contributed by atoms with van der Waals surface area (Å²) in [5, 5.41) is 2.29. The van der Waals surface area contributed by atoms with Crippen molar-refractivity contribution < 1.29 is 5.84 Å². The second kappa shape index (κ2) is 13.1. The minimum atomic E-state index is -0.527. The van der Waals surface area contributed by atoms with Crippen molar-refractivity contribution in [1.29, 1.82) is 0 Å². The molecule has 1 spiro atoms. The molecule has 0 N–H and O–H groups in total. The average Bonchev–Trinajstić information content (AvgIpc) is 3.92. The van der Waals surface area contributed by atoms with Gasteiger partial charge in [-0.1, -0.05) is 177 Å². The zero-order chi connectivity index (χ0) is 37.5. The lowest BCUT2D eigenvalue weighted by Gasteiger charge is -2.32. The summed E-state index contributed by atoms with van der Waals surface area (Å²) in [5.41, 5.74) is 19.5. The maximum Gasteiger partial charge on any atom is 0.143 e. The smallest absolute Gasteiger partial charge is 0.143 e. The molecule has 58 heavy (non-hydrogen) atoms. The molecule has 2 aliphatic rings. The van der Waals surface area contributed by atoms with Gasteiger partial charge in [-0.25, -0.2) is 0 Å². The van der Waals surface area contributed by atoms with Gasteiger partial charge in [-0.05, 0) is 104 Å². The van der Waals surface area contributed by atoms with E-state index in [1.54, 1.807) is 0 Å². The standard InChI is InChI=1S/C55H35NO.CH4.H2/c1-3-13-36(14-4-1)38-23-27-40(28-24-38)56(41-29-25-39(26-30-41)37-15-5-2-6-16-37)42-31-32-47-51(35-42)55(48-20-10-7-17-43(48)44-18-8-11-21-49(44)55)50-34-33-46-45-19-9-12-22-52(45)57-54(46)53(47)50;;/h1-35H;1H4;1H. The summed E-state index contributed by atoms with van der Waals surface area (Å²) in [5.74, 6) is 0. The number of hydrogen-bond acceptors (Lipinski definition) is 2. The van der Waals surface area contributed by atoms with Gasteiger partial charge in [-0.3, -0.25) is 0 Å². The fourth-order valence-corrected chi connectivity index (χ4v) is 9.84. The van der Waals surface area contributed by atoms with Crippen LogP contribution < -0.4 is 4.90 Å². The van der Waals surface area contributed by atoms with Gasteiger partial charge in [0.25, 0.3) is 0 Å². The molecule has 276 valence electrons. The summed E-state index contributed by atoms with van der Waals surface area (Å²) < 4.78 is 6.83. The number of fused-ring (bicyclic) bond motifs is 14. The SMILES string of the molecule is C.[HH].c1ccc(-c2ccc(N(c3ccc(-c4ccccc4)cc3)c3ccc4c(c3)C3(c5ccccc5-c5ccccc53)c3ccc5c(oc6ccccc65)c3-4)cc2)cc1. The predicted molar refractivity (Wildman–Crippen MR) is 244 cm³/mol. The monoisotopic (exact) mass is 743 g/mol. The summed E-state index contributed by atoms with van der Waals surface area (Å²) in [4.78, 5) is 2.41. The second-order valence-corrected chi connectivity index (χ2v) is 15.2. The Morgan fingerprint density at radius 2 is 0.862 bits per heavy atom. The third-order valence-corrected chi connectivity index (χ3v) is 12.3. The molecule has 9 aromatic carbocycles. The first-order valence-electron chi connectivity index (χ1n) is 19.7. The van der Waals surface area contributed by atoms with Crippen molar-refractivity contribution in [1.82, 2.24) is 0 Å². The van der Waals surface area contributed by atoms with Crippen LogP contribution in [0.3, 0.4) is 0 Å². The highest BCUT2D eigenvalue weighted by Gasteiger charge is 2.52. The third-order valence-electron chi connectivity index (χ3n) is 12.3. The van der Waals surface area contributed by atoms with Gasteiger partial charge in [-0.2, -0.15) is 0 Å². The Bertz CT molecular complexity index is 3040. The van der Waals surface area contributed by atoms with Crippen LogP contribution in [0.1, 0.15) is 31.1 Å². The minimum absolute atomic E-state index is 0. The van der Waals surface area contributed by atoms with E-state index in [4.69, 9.17) is 4.42 Å². The van der Waals surface area contributed by atoms with Crippen LogP contribution in [0.2, 0.25) is 0 Å². The molecule has 0 saturated heterocycles. The number of para-hydroxylation sites is 1. The van der Waals surface area contributed by atoms with Gasteiger partial charge >= 0.3 is 0 Å². The Morgan fingerprint density at radius 1 is 0.362 bits per heavy atom. The number of nitrogens with zero attached hydrogens (tertiary/aromatic N) is 1. The van der Waals surface area contributed by atoms with Crippen LogP contribution in [-0.2, 0) is 5.41 Å². The van der Waals surface area contributed by atoms with Crippen molar-refractivity contribution >= 4 is 39.0 Å². The lowest BCUT2D eigenvalue weighted by molar-refractivity contribution is 0.669. The van der Waals surface area contributed by atoms with Gasteiger partial charge in [0.1, 0.15) is 11.2 Å². The maximum atomic E-state index is 6.83. The highest BCUT2D eigenvalue weighted by Crippen LogP contribution is 2.64. The van der Waals surface area contributed by atoms with Crippen LogP contribution >= 0.6 is 0 Å². The van der Waals surface area contributed by atoms with Crippen LogP contribution in [0, 0.1) is 0 Å². The molecule has 1 heterocycles. The highest BCUT2D eigenvalue weighted by molar-refractivity contribution is 6.13. The van der Waals surface area contributed by atoms with E-state index in [2.05, 4.69) is 217 Å². The van der Waals surface area contributed by atoms with Gasteiger partial charge in [-0.15, -0.1) is 0 Å². The van der Waals surface area contributed by atoms with E-state index < -0.39 is 5.41 Å². The Morgan fingerprint density at radius 3 is 1.47 bits per heavy atom. The zero-order valence-corrected chi connectivity index (χ0v) is 31.1. The van der Waals surface area contributed by atoms with E-state index in [0.29, 0.717) is 0 Å². The van der Waals surface area contributed by atoms with Crippen molar-refractivity contribution in [2.45, 2.75) is 12.8 Å². The first-order valence-corrected chi connectivity index (χ1v) is 19.7. The maximum absolute atomic E-state index is 6.83. The van der Waals surface area contributed by atoms with E-state index in [0.717, 1.165) is 39.0 Å². The molecule has 10 aromatic rings. The summed E-state index contributed by atoms with van der Waals surface area (Å²) in [6.45, 7) is 0. The lowest BCUT2D eigenvalue weighted by atomic mass is 9.70. The van der Waals surface area contributed by atoms with Gasteiger partial charge in [0.2, 0.25) is 0 Å². The lowest BCUT2D eigenvalue weighted by Crippen LogP contribution is -2.26. The van der Waals surface area contributed by atoms with Crippen LogP contribution in [-0.4, -0.2) is 0 Å². The Balaban J connectivity index is 0.00000210. The topological polar surface area (TPSA) is 16.4 Å². The molecule has 2 aliphatic carbocycles. The number of rotatable bonds is 5. The number of anilines is 3. The second-order valence-electron chi connectivity index (χ2n) is 15.2. The van der Waals surface area contributed by atoms with E-state index >= 15 is 0 Å². The third kappa shape index (κ3) is 4.79. The summed E-state index contributed by atoms with van der Waals surface area (Å²) in [7, 11) is 0. The molecule has 0 aliphatic heterocycles. The van der Waals surface area contributed by atoms with E-state index in [1.165, 1.54) is 66.8 Å². The number of hydrogen-bond donors (Lipinski definition) is 0. The average molecular weight is 744 g/mol. The molecule has 12 rings (SSSR count). The van der Waals surface area contributed by atoms with E-state index in [1.807, 2.05) is 0 Å². The molecule has 0 saturated carbocycles. The van der Waals surface area contributed by atoms with Crippen LogP contribution in [0.25, 0.3) is 66.4 Å². The molecular weight excluding hydrogens is 703 g/mol. The molecule has 0 bridgehead atoms. The van der Waals surface area contributed by atoms with Gasteiger partial charge in [0.05, 0.1) is 5.41 Å². The van der Waals surface area contributed by atoms with Gasteiger partial charge in [0.15, 0.2) is 0 Å². The molecule has 0 fully saturated rings. The summed E-state index contributed by atoms with van der Waals surface area (Å²) in [6, 6.07) is 77.3. The molecule has 2 heteroatoms. The van der Waals surface area contributed by atoms with Gasteiger partial charge in [0, 0.05) is 34.8 Å². The molecular formula is C56H41NO. The van der Waals surface area contributed by atoms with E-state index in [9.17, 15) is 0 Å². The quantitative estimate of drug-likeness (QED) is 0.175. The van der Waals surface area contributed by atoms with Crippen LogP contribution in [0.15, 0.2) is 217 Å². The van der Waals surface area contributed by atoms with Crippen LogP contribution in [0.5, 0.6) is 0 Å². The Hall–Kier alpha value is -7.42. The molecule has 2 nitrogen and oxygen atoms in total. The van der Waals surface area contributed by atoms with Crippen molar-refractivity contribution in [3.63, 3.8) is 0 Å². The Kier molecular flexibility index (Phi) is 7.64. The van der Waals surface area contributed by atoms with Crippen molar-refractivity contribution in [3.05, 3.63) is 235 Å².